The molecule has 0 bridgehead atoms. The molecule has 1 aliphatic heterocycles. The Balaban J connectivity index is 1.55. The lowest BCUT2D eigenvalue weighted by Crippen LogP contribution is -2.48. The van der Waals surface area contributed by atoms with E-state index in [-0.39, 0.29) is 11.2 Å². The second kappa shape index (κ2) is 8.48. The maximum Gasteiger partial charge on any atom is 0.262 e. The first-order chi connectivity index (χ1) is 16.4. The average Bonchev–Trinajstić information content (AvgIpc) is 2.85. The standard InChI is InChI=1S/C29H27N3O2/c1-20-18-32(24-13-11-23(12-14-24)31-15-16-34-29(2,3)19-31)28(33)26-6-4-5-25(27(20)26)22-9-7-21(17-30)8-10-22/h4-14,18H,15-16,19H2,1-3H3. The van der Waals surface area contributed by atoms with Crippen LogP contribution in [0.25, 0.3) is 27.6 Å². The Morgan fingerprint density at radius 1 is 0.971 bits per heavy atom. The molecule has 2 heterocycles. The highest BCUT2D eigenvalue weighted by Crippen LogP contribution is 2.30. The molecule has 0 amide bonds. The number of aryl methyl sites for hydroxylation is 1. The molecule has 0 N–H and O–H groups in total. The lowest BCUT2D eigenvalue weighted by molar-refractivity contribution is -0.0276. The van der Waals surface area contributed by atoms with Gasteiger partial charge in [0.1, 0.15) is 0 Å². The van der Waals surface area contributed by atoms with Crippen LogP contribution in [0.1, 0.15) is 25.0 Å². The number of anilines is 1. The third-order valence-corrected chi connectivity index (χ3v) is 6.47. The smallest absolute Gasteiger partial charge is 0.262 e. The third kappa shape index (κ3) is 3.98. The van der Waals surface area contributed by atoms with Crippen molar-refractivity contribution < 1.29 is 4.74 Å². The molecule has 0 unspecified atom stereocenters. The zero-order valence-corrected chi connectivity index (χ0v) is 19.7. The Morgan fingerprint density at radius 2 is 1.68 bits per heavy atom. The maximum absolute atomic E-state index is 13.5. The summed E-state index contributed by atoms with van der Waals surface area (Å²) in [4.78, 5) is 15.9. The van der Waals surface area contributed by atoms with E-state index in [1.807, 2.05) is 67.7 Å². The SMILES string of the molecule is Cc1cn(-c2ccc(N3CCOC(C)(C)C3)cc2)c(=O)c2cccc(-c3ccc(C#N)cc3)c12. The van der Waals surface area contributed by atoms with Crippen LogP contribution in [0.15, 0.2) is 77.7 Å². The summed E-state index contributed by atoms with van der Waals surface area (Å²) in [7, 11) is 0. The van der Waals surface area contributed by atoms with Gasteiger partial charge in [-0.1, -0.05) is 24.3 Å². The van der Waals surface area contributed by atoms with Gasteiger partial charge in [-0.25, -0.2) is 0 Å². The van der Waals surface area contributed by atoms with Crippen molar-refractivity contribution >= 4 is 16.5 Å². The molecule has 4 aromatic rings. The molecule has 3 aromatic carbocycles. The van der Waals surface area contributed by atoms with E-state index in [2.05, 4.69) is 36.9 Å². The van der Waals surface area contributed by atoms with Crippen LogP contribution < -0.4 is 10.5 Å². The quantitative estimate of drug-likeness (QED) is 0.417. The second-order valence-corrected chi connectivity index (χ2v) is 9.45. The first-order valence-electron chi connectivity index (χ1n) is 11.5. The van der Waals surface area contributed by atoms with E-state index in [0.29, 0.717) is 17.6 Å². The summed E-state index contributed by atoms with van der Waals surface area (Å²) in [6.45, 7) is 8.65. The van der Waals surface area contributed by atoms with Gasteiger partial charge < -0.3 is 9.64 Å². The molecule has 0 aliphatic carbocycles. The number of hydrogen-bond acceptors (Lipinski definition) is 4. The molecule has 1 aromatic heterocycles. The fourth-order valence-electron chi connectivity index (χ4n) is 4.82. The number of nitrogens with zero attached hydrogens (tertiary/aromatic N) is 3. The number of aromatic nitrogens is 1. The largest absolute Gasteiger partial charge is 0.372 e. The van der Waals surface area contributed by atoms with Crippen LogP contribution >= 0.6 is 0 Å². The van der Waals surface area contributed by atoms with Crippen molar-refractivity contribution in [1.29, 1.82) is 5.26 Å². The molecule has 0 atom stereocenters. The number of ether oxygens (including phenoxy) is 1. The Morgan fingerprint density at radius 3 is 2.35 bits per heavy atom. The molecule has 5 heteroatoms. The predicted octanol–water partition coefficient (Wildman–Crippen LogP) is 5.45. The normalized spacial score (nSPS) is 15.3. The Hall–Kier alpha value is -3.88. The molecule has 5 rings (SSSR count). The van der Waals surface area contributed by atoms with Crippen LogP contribution in [-0.4, -0.2) is 29.9 Å². The van der Waals surface area contributed by atoms with Crippen molar-refractivity contribution in [2.24, 2.45) is 0 Å². The van der Waals surface area contributed by atoms with Gasteiger partial charge >= 0.3 is 0 Å². The van der Waals surface area contributed by atoms with Crippen molar-refractivity contribution in [3.05, 3.63) is 94.4 Å². The summed E-state index contributed by atoms with van der Waals surface area (Å²) in [5.74, 6) is 0. The minimum atomic E-state index is -0.171. The maximum atomic E-state index is 13.5. The van der Waals surface area contributed by atoms with E-state index in [1.165, 1.54) is 0 Å². The summed E-state index contributed by atoms with van der Waals surface area (Å²) >= 11 is 0. The minimum absolute atomic E-state index is 0.0450. The predicted molar refractivity (Wildman–Crippen MR) is 137 cm³/mol. The number of morpholine rings is 1. The molecular formula is C29H27N3O2. The van der Waals surface area contributed by atoms with E-state index in [9.17, 15) is 4.79 Å². The second-order valence-electron chi connectivity index (χ2n) is 9.45. The summed E-state index contributed by atoms with van der Waals surface area (Å²) < 4.78 is 7.56. The van der Waals surface area contributed by atoms with Crippen molar-refractivity contribution in [2.45, 2.75) is 26.4 Å². The molecule has 1 saturated heterocycles. The Kier molecular flexibility index (Phi) is 5.47. The van der Waals surface area contributed by atoms with Gasteiger partial charge in [-0.2, -0.15) is 5.26 Å². The molecule has 0 saturated carbocycles. The molecule has 0 radical (unpaired) electrons. The highest BCUT2D eigenvalue weighted by atomic mass is 16.5. The zero-order valence-electron chi connectivity index (χ0n) is 19.7. The highest BCUT2D eigenvalue weighted by molar-refractivity contribution is 5.98. The zero-order chi connectivity index (χ0) is 23.9. The Labute approximate surface area is 199 Å². The molecule has 0 spiro atoms. The highest BCUT2D eigenvalue weighted by Gasteiger charge is 2.27. The fourth-order valence-corrected chi connectivity index (χ4v) is 4.82. The number of benzene rings is 3. The van der Waals surface area contributed by atoms with Crippen LogP contribution in [0.4, 0.5) is 5.69 Å². The van der Waals surface area contributed by atoms with Gasteiger partial charge in [0.05, 0.1) is 23.8 Å². The van der Waals surface area contributed by atoms with Crippen LogP contribution in [-0.2, 0) is 4.74 Å². The van der Waals surface area contributed by atoms with Crippen LogP contribution in [0, 0.1) is 18.3 Å². The number of rotatable bonds is 3. The first-order valence-corrected chi connectivity index (χ1v) is 11.5. The van der Waals surface area contributed by atoms with E-state index >= 15 is 0 Å². The van der Waals surface area contributed by atoms with E-state index in [1.54, 1.807) is 4.57 Å². The van der Waals surface area contributed by atoms with Crippen LogP contribution in [0.3, 0.4) is 0 Å². The molecule has 1 aliphatic rings. The molecule has 5 nitrogen and oxygen atoms in total. The number of fused-ring (bicyclic) bond motifs is 1. The lowest BCUT2D eigenvalue weighted by atomic mass is 9.96. The summed E-state index contributed by atoms with van der Waals surface area (Å²) in [6.07, 6.45) is 1.92. The minimum Gasteiger partial charge on any atom is -0.372 e. The molecule has 170 valence electrons. The van der Waals surface area contributed by atoms with Gasteiger partial charge in [0.25, 0.3) is 5.56 Å². The summed E-state index contributed by atoms with van der Waals surface area (Å²) in [5.41, 5.74) is 5.38. The topological polar surface area (TPSA) is 58.3 Å². The van der Waals surface area contributed by atoms with E-state index < -0.39 is 0 Å². The van der Waals surface area contributed by atoms with Crippen molar-refractivity contribution in [3.63, 3.8) is 0 Å². The van der Waals surface area contributed by atoms with Crippen molar-refractivity contribution in [3.8, 4) is 22.9 Å². The van der Waals surface area contributed by atoms with Gasteiger partial charge in [0.15, 0.2) is 0 Å². The van der Waals surface area contributed by atoms with Gasteiger partial charge in [-0.15, -0.1) is 0 Å². The average molecular weight is 450 g/mol. The summed E-state index contributed by atoms with van der Waals surface area (Å²) in [5, 5.41) is 10.7. The molecular weight excluding hydrogens is 422 g/mol. The number of nitriles is 1. The summed E-state index contributed by atoms with van der Waals surface area (Å²) in [6, 6.07) is 23.7. The van der Waals surface area contributed by atoms with Gasteiger partial charge in [0.2, 0.25) is 0 Å². The molecule has 1 fully saturated rings. The fraction of sp³-hybridized carbons (Fsp3) is 0.241. The third-order valence-electron chi connectivity index (χ3n) is 6.47. The van der Waals surface area contributed by atoms with Crippen LogP contribution in [0.5, 0.6) is 0 Å². The van der Waals surface area contributed by atoms with Crippen molar-refractivity contribution in [1.82, 2.24) is 4.57 Å². The van der Waals surface area contributed by atoms with Gasteiger partial charge in [-0.3, -0.25) is 9.36 Å². The Bertz CT molecular complexity index is 1460. The van der Waals surface area contributed by atoms with E-state index in [4.69, 9.17) is 10.00 Å². The van der Waals surface area contributed by atoms with Gasteiger partial charge in [0, 0.05) is 36.0 Å². The molecule has 34 heavy (non-hydrogen) atoms. The van der Waals surface area contributed by atoms with Crippen molar-refractivity contribution in [2.75, 3.05) is 24.6 Å². The van der Waals surface area contributed by atoms with Crippen LogP contribution in [0.2, 0.25) is 0 Å². The monoisotopic (exact) mass is 449 g/mol. The first kappa shape index (κ1) is 21.9. The number of pyridine rings is 1. The van der Waals surface area contributed by atoms with Gasteiger partial charge in [-0.05, 0) is 85.3 Å². The lowest BCUT2D eigenvalue weighted by Gasteiger charge is -2.39. The van der Waals surface area contributed by atoms with E-state index in [0.717, 1.165) is 46.5 Å². The number of hydrogen-bond donors (Lipinski definition) is 0.